The second-order valence-electron chi connectivity index (χ2n) is 8.45. The molecule has 2 aliphatic heterocycles. The van der Waals surface area contributed by atoms with Gasteiger partial charge in [-0.15, -0.1) is 0 Å². The molecular formula is C21H36N6O3. The number of hydrogen-bond acceptors (Lipinski definition) is 8. The number of nitrogens with two attached hydrogens (primary N) is 1. The molecule has 30 heavy (non-hydrogen) atoms. The molecule has 1 aromatic rings. The molecule has 1 amide bonds. The van der Waals surface area contributed by atoms with Crippen molar-refractivity contribution in [2.75, 3.05) is 44.7 Å². The lowest BCUT2D eigenvalue weighted by Gasteiger charge is -2.44. The van der Waals surface area contributed by atoms with Crippen LogP contribution >= 0.6 is 0 Å². The standard InChI is InChI=1S/C21H36N6O3/c1-15(2)30-21(28)27-12-5-16(13-23-3)19(22)18(27)14-29-17-6-10-26(11-7-17)20-24-8-4-9-25-20/h4,8-9,15-19,23H,5-7,10-14,22H2,1-3H3/t16?,18-,19-/m0/s1. The van der Waals surface area contributed by atoms with E-state index in [0.717, 1.165) is 44.8 Å². The van der Waals surface area contributed by atoms with E-state index in [-0.39, 0.29) is 30.4 Å². The van der Waals surface area contributed by atoms with Crippen LogP contribution in [0.4, 0.5) is 10.7 Å². The van der Waals surface area contributed by atoms with Crippen LogP contribution < -0.4 is 16.0 Å². The van der Waals surface area contributed by atoms with Crippen molar-refractivity contribution < 1.29 is 14.3 Å². The van der Waals surface area contributed by atoms with E-state index in [1.165, 1.54) is 0 Å². The summed E-state index contributed by atoms with van der Waals surface area (Å²) < 4.78 is 11.7. The maximum atomic E-state index is 12.6. The number of hydrogen-bond donors (Lipinski definition) is 2. The zero-order chi connectivity index (χ0) is 21.5. The monoisotopic (exact) mass is 420 g/mol. The van der Waals surface area contributed by atoms with E-state index in [1.807, 2.05) is 27.0 Å². The van der Waals surface area contributed by atoms with Crippen molar-refractivity contribution in [1.29, 1.82) is 0 Å². The Hall–Kier alpha value is -1.97. The van der Waals surface area contributed by atoms with Crippen molar-refractivity contribution in [3.63, 3.8) is 0 Å². The summed E-state index contributed by atoms with van der Waals surface area (Å²) in [5.41, 5.74) is 6.59. The first kappa shape index (κ1) is 22.7. The normalized spacial score (nSPS) is 25.6. The van der Waals surface area contributed by atoms with E-state index >= 15 is 0 Å². The van der Waals surface area contributed by atoms with Crippen LogP contribution in [-0.4, -0.2) is 85.1 Å². The van der Waals surface area contributed by atoms with Gasteiger partial charge in [-0.3, -0.25) is 0 Å². The van der Waals surface area contributed by atoms with Gasteiger partial charge in [0.25, 0.3) is 0 Å². The van der Waals surface area contributed by atoms with Crippen molar-refractivity contribution in [3.8, 4) is 0 Å². The Kier molecular flexibility index (Phi) is 8.24. The van der Waals surface area contributed by atoms with Gasteiger partial charge in [0, 0.05) is 38.1 Å². The Balaban J connectivity index is 1.56. The van der Waals surface area contributed by atoms with E-state index in [4.69, 9.17) is 15.2 Å². The van der Waals surface area contributed by atoms with E-state index in [9.17, 15) is 4.79 Å². The molecule has 2 aliphatic rings. The number of aromatic nitrogens is 2. The molecule has 0 saturated carbocycles. The van der Waals surface area contributed by atoms with Crippen molar-refractivity contribution in [3.05, 3.63) is 18.5 Å². The van der Waals surface area contributed by atoms with Crippen LogP contribution in [-0.2, 0) is 9.47 Å². The van der Waals surface area contributed by atoms with Gasteiger partial charge >= 0.3 is 6.09 Å². The molecule has 168 valence electrons. The van der Waals surface area contributed by atoms with E-state index in [0.29, 0.717) is 19.1 Å². The Labute approximate surface area is 179 Å². The highest BCUT2D eigenvalue weighted by Crippen LogP contribution is 2.25. The highest BCUT2D eigenvalue weighted by Gasteiger charge is 2.39. The van der Waals surface area contributed by atoms with Crippen LogP contribution in [0.2, 0.25) is 0 Å². The first-order valence-corrected chi connectivity index (χ1v) is 11.0. The lowest BCUT2D eigenvalue weighted by atomic mass is 9.86. The zero-order valence-corrected chi connectivity index (χ0v) is 18.4. The molecule has 2 fully saturated rings. The van der Waals surface area contributed by atoms with Gasteiger partial charge in [0.05, 0.1) is 24.9 Å². The average molecular weight is 421 g/mol. The fourth-order valence-electron chi connectivity index (χ4n) is 4.29. The van der Waals surface area contributed by atoms with Gasteiger partial charge in [-0.25, -0.2) is 14.8 Å². The highest BCUT2D eigenvalue weighted by atomic mass is 16.6. The number of nitrogens with one attached hydrogen (secondary N) is 1. The number of ether oxygens (including phenoxy) is 2. The minimum Gasteiger partial charge on any atom is -0.447 e. The molecule has 3 N–H and O–H groups in total. The number of nitrogens with zero attached hydrogens (tertiary/aromatic N) is 4. The van der Waals surface area contributed by atoms with Crippen LogP contribution in [0.15, 0.2) is 18.5 Å². The molecule has 0 aliphatic carbocycles. The molecule has 2 saturated heterocycles. The summed E-state index contributed by atoms with van der Waals surface area (Å²) in [6.45, 7) is 7.34. The molecule has 1 aromatic heterocycles. The molecule has 3 atom stereocenters. The third-order valence-electron chi connectivity index (χ3n) is 5.95. The molecule has 9 heteroatoms. The van der Waals surface area contributed by atoms with E-state index in [1.54, 1.807) is 17.3 Å². The number of likely N-dealkylation sites (tertiary alicyclic amines) is 1. The van der Waals surface area contributed by atoms with Gasteiger partial charge in [-0.1, -0.05) is 0 Å². The Morgan fingerprint density at radius 1 is 1.23 bits per heavy atom. The van der Waals surface area contributed by atoms with Crippen molar-refractivity contribution in [2.24, 2.45) is 11.7 Å². The molecule has 0 spiro atoms. The largest absolute Gasteiger partial charge is 0.447 e. The number of amides is 1. The molecule has 0 aromatic carbocycles. The van der Waals surface area contributed by atoms with E-state index < -0.39 is 0 Å². The molecule has 9 nitrogen and oxygen atoms in total. The Morgan fingerprint density at radius 3 is 2.57 bits per heavy atom. The lowest BCUT2D eigenvalue weighted by molar-refractivity contribution is -0.0312. The Bertz CT molecular complexity index is 653. The van der Waals surface area contributed by atoms with Gasteiger partial charge < -0.3 is 30.3 Å². The quantitative estimate of drug-likeness (QED) is 0.679. The van der Waals surface area contributed by atoms with Crippen LogP contribution in [0.3, 0.4) is 0 Å². The topological polar surface area (TPSA) is 106 Å². The second-order valence-corrected chi connectivity index (χ2v) is 8.45. The lowest BCUT2D eigenvalue weighted by Crippen LogP contribution is -2.61. The molecule has 0 bridgehead atoms. The summed E-state index contributed by atoms with van der Waals surface area (Å²) in [6.07, 6.45) is 5.88. The van der Waals surface area contributed by atoms with Crippen LogP contribution in [0.25, 0.3) is 0 Å². The van der Waals surface area contributed by atoms with Gasteiger partial charge in [0.15, 0.2) is 0 Å². The third-order valence-corrected chi connectivity index (χ3v) is 5.95. The summed E-state index contributed by atoms with van der Waals surface area (Å²) in [6, 6.07) is 1.49. The summed E-state index contributed by atoms with van der Waals surface area (Å²) in [5.74, 6) is 1.08. The minimum atomic E-state index is -0.298. The predicted molar refractivity (Wildman–Crippen MR) is 115 cm³/mol. The fraction of sp³-hybridized carbons (Fsp3) is 0.762. The molecule has 3 heterocycles. The van der Waals surface area contributed by atoms with Crippen molar-refractivity contribution in [2.45, 2.75) is 57.4 Å². The van der Waals surface area contributed by atoms with Gasteiger partial charge in [0.1, 0.15) is 0 Å². The first-order valence-electron chi connectivity index (χ1n) is 11.0. The highest BCUT2D eigenvalue weighted by molar-refractivity contribution is 5.68. The predicted octanol–water partition coefficient (Wildman–Crippen LogP) is 1.24. The number of carbonyl (C=O) groups excluding carboxylic acids is 1. The summed E-state index contributed by atoms with van der Waals surface area (Å²) in [4.78, 5) is 25.2. The molecule has 1 unspecified atom stereocenters. The number of carbonyl (C=O) groups is 1. The summed E-state index contributed by atoms with van der Waals surface area (Å²) >= 11 is 0. The first-order chi connectivity index (χ1) is 14.5. The molecule has 3 rings (SSSR count). The number of piperidine rings is 2. The Morgan fingerprint density at radius 2 is 1.93 bits per heavy atom. The maximum Gasteiger partial charge on any atom is 0.410 e. The van der Waals surface area contributed by atoms with Crippen LogP contribution in [0, 0.1) is 5.92 Å². The smallest absolute Gasteiger partial charge is 0.410 e. The van der Waals surface area contributed by atoms with Gasteiger partial charge in [-0.2, -0.15) is 0 Å². The summed E-state index contributed by atoms with van der Waals surface area (Å²) in [5, 5.41) is 3.22. The van der Waals surface area contributed by atoms with Crippen molar-refractivity contribution >= 4 is 12.0 Å². The molecule has 0 radical (unpaired) electrons. The molecular weight excluding hydrogens is 384 g/mol. The maximum absolute atomic E-state index is 12.6. The van der Waals surface area contributed by atoms with Gasteiger partial charge in [-0.05, 0) is 58.7 Å². The van der Waals surface area contributed by atoms with Gasteiger partial charge in [0.2, 0.25) is 5.95 Å². The number of anilines is 1. The number of rotatable bonds is 7. The average Bonchev–Trinajstić information content (AvgIpc) is 2.75. The van der Waals surface area contributed by atoms with Crippen molar-refractivity contribution in [1.82, 2.24) is 20.2 Å². The zero-order valence-electron chi connectivity index (χ0n) is 18.4. The third kappa shape index (κ3) is 5.80. The minimum absolute atomic E-state index is 0.143. The second kappa shape index (κ2) is 10.9. The fourth-order valence-corrected chi connectivity index (χ4v) is 4.29. The summed E-state index contributed by atoms with van der Waals surface area (Å²) in [7, 11) is 1.93. The van der Waals surface area contributed by atoms with Crippen LogP contribution in [0.5, 0.6) is 0 Å². The van der Waals surface area contributed by atoms with Crippen LogP contribution in [0.1, 0.15) is 33.1 Å². The van der Waals surface area contributed by atoms with E-state index in [2.05, 4.69) is 20.2 Å². The SMILES string of the molecule is CNCC1CCN(C(=O)OC(C)C)[C@@H](COC2CCN(c3ncccn3)CC2)[C@H]1N.